The molecule has 2 aromatic rings. The first-order valence-electron chi connectivity index (χ1n) is 9.25. The average molecular weight is 417 g/mol. The number of ether oxygens (including phenoxy) is 1. The first kappa shape index (κ1) is 21.0. The number of benzene rings is 2. The molecule has 0 aliphatic carbocycles. The Morgan fingerprint density at radius 3 is 2.34 bits per heavy atom. The third-order valence-corrected chi connectivity index (χ3v) is 5.52. The van der Waals surface area contributed by atoms with Gasteiger partial charge < -0.3 is 15.4 Å². The minimum Gasteiger partial charge on any atom is -0.368 e. The summed E-state index contributed by atoms with van der Waals surface area (Å²) in [6.45, 7) is 0.999. The zero-order chi connectivity index (χ0) is 20.9. The number of hydrogen-bond acceptors (Lipinski definition) is 5. The fraction of sp³-hybridized carbons (Fsp3) is 0.300. The minimum atomic E-state index is -3.71. The predicted octanol–water partition coefficient (Wildman–Crippen LogP) is 1.42. The van der Waals surface area contributed by atoms with E-state index >= 15 is 0 Å². The van der Waals surface area contributed by atoms with Gasteiger partial charge in [0, 0.05) is 24.4 Å². The Balaban J connectivity index is 1.47. The quantitative estimate of drug-likeness (QED) is 0.628. The molecular formula is C20H23N3O5S. The Kier molecular flexibility index (Phi) is 6.63. The van der Waals surface area contributed by atoms with Gasteiger partial charge in [0.1, 0.15) is 6.10 Å². The summed E-state index contributed by atoms with van der Waals surface area (Å²) < 4.78 is 27.8. The minimum absolute atomic E-state index is 0.0527. The summed E-state index contributed by atoms with van der Waals surface area (Å²) in [7, 11) is -3.71. The van der Waals surface area contributed by atoms with E-state index in [9.17, 15) is 18.0 Å². The Hall–Kier alpha value is -2.75. The van der Waals surface area contributed by atoms with Crippen molar-refractivity contribution >= 4 is 27.5 Å². The number of nitrogens with one attached hydrogen (secondary N) is 2. The first-order valence-corrected chi connectivity index (χ1v) is 10.8. The van der Waals surface area contributed by atoms with E-state index in [1.807, 2.05) is 0 Å². The fourth-order valence-electron chi connectivity index (χ4n) is 2.98. The summed E-state index contributed by atoms with van der Waals surface area (Å²) in [4.78, 5) is 24.3. The molecule has 4 N–H and O–H groups in total. The number of hydrogen-bond donors (Lipinski definition) is 3. The van der Waals surface area contributed by atoms with Crippen molar-refractivity contribution in [3.63, 3.8) is 0 Å². The largest absolute Gasteiger partial charge is 0.368 e. The summed E-state index contributed by atoms with van der Waals surface area (Å²) in [5, 5.41) is 10.7. The Morgan fingerprint density at radius 1 is 1.07 bits per heavy atom. The Bertz CT molecular complexity index is 966. The van der Waals surface area contributed by atoms with Crippen molar-refractivity contribution in [2.45, 2.75) is 30.3 Å². The number of sulfonamides is 1. The van der Waals surface area contributed by atoms with Crippen LogP contribution in [0, 0.1) is 0 Å². The number of primary sulfonamides is 1. The van der Waals surface area contributed by atoms with Crippen molar-refractivity contribution in [2.75, 3.05) is 18.5 Å². The van der Waals surface area contributed by atoms with Crippen LogP contribution in [-0.2, 0) is 26.0 Å². The van der Waals surface area contributed by atoms with Crippen molar-refractivity contribution in [1.82, 2.24) is 5.32 Å². The van der Waals surface area contributed by atoms with Crippen molar-refractivity contribution in [1.29, 1.82) is 0 Å². The van der Waals surface area contributed by atoms with Gasteiger partial charge in [-0.1, -0.05) is 12.1 Å². The van der Waals surface area contributed by atoms with Gasteiger partial charge in [0.15, 0.2) is 0 Å². The van der Waals surface area contributed by atoms with Crippen LogP contribution < -0.4 is 15.8 Å². The van der Waals surface area contributed by atoms with Crippen LogP contribution in [0.2, 0.25) is 0 Å². The molecule has 9 heteroatoms. The van der Waals surface area contributed by atoms with Crippen molar-refractivity contribution in [3.05, 3.63) is 59.7 Å². The third-order valence-electron chi connectivity index (χ3n) is 4.59. The highest BCUT2D eigenvalue weighted by atomic mass is 32.2. The lowest BCUT2D eigenvalue weighted by molar-refractivity contribution is -0.124. The second kappa shape index (κ2) is 9.17. The topological polar surface area (TPSA) is 128 Å². The van der Waals surface area contributed by atoms with Crippen LogP contribution in [0.3, 0.4) is 0 Å². The molecule has 154 valence electrons. The predicted molar refractivity (Wildman–Crippen MR) is 108 cm³/mol. The van der Waals surface area contributed by atoms with Gasteiger partial charge in [0.25, 0.3) is 11.8 Å². The molecule has 0 radical (unpaired) electrons. The van der Waals surface area contributed by atoms with Gasteiger partial charge in [-0.15, -0.1) is 0 Å². The molecule has 0 unspecified atom stereocenters. The lowest BCUT2D eigenvalue weighted by Crippen LogP contribution is -2.27. The highest BCUT2D eigenvalue weighted by Gasteiger charge is 2.23. The Labute approximate surface area is 169 Å². The maximum absolute atomic E-state index is 12.2. The number of nitrogens with two attached hydrogens (primary N) is 1. The van der Waals surface area contributed by atoms with E-state index in [1.54, 1.807) is 36.4 Å². The summed E-state index contributed by atoms with van der Waals surface area (Å²) in [5.41, 5.74) is 1.96. The number of amides is 2. The van der Waals surface area contributed by atoms with Crippen molar-refractivity contribution in [3.8, 4) is 0 Å². The van der Waals surface area contributed by atoms with Gasteiger partial charge in [0.2, 0.25) is 10.0 Å². The van der Waals surface area contributed by atoms with Gasteiger partial charge >= 0.3 is 0 Å². The fourth-order valence-corrected chi connectivity index (χ4v) is 3.50. The van der Waals surface area contributed by atoms with E-state index in [0.29, 0.717) is 30.8 Å². The molecule has 2 aromatic carbocycles. The molecule has 0 spiro atoms. The molecular weight excluding hydrogens is 394 g/mol. The number of anilines is 1. The van der Waals surface area contributed by atoms with Gasteiger partial charge in [-0.2, -0.15) is 0 Å². The number of rotatable bonds is 7. The Morgan fingerprint density at radius 2 is 1.76 bits per heavy atom. The standard InChI is InChI=1S/C20H23N3O5S/c21-29(26,27)17-9-3-14(4-10-17)11-12-22-19(24)15-5-7-16(8-6-15)23-20(25)18-2-1-13-28-18/h3-10,18H,1-2,11-13H2,(H,22,24)(H,23,25)(H2,21,26,27)/t18-/m1/s1. The van der Waals surface area contributed by atoms with Gasteiger partial charge in [0.05, 0.1) is 4.90 Å². The van der Waals surface area contributed by atoms with E-state index in [0.717, 1.165) is 18.4 Å². The summed E-state index contributed by atoms with van der Waals surface area (Å²) in [5.74, 6) is -0.406. The molecule has 1 fully saturated rings. The van der Waals surface area contributed by atoms with Gasteiger partial charge in [-0.25, -0.2) is 13.6 Å². The molecule has 1 saturated heterocycles. The van der Waals surface area contributed by atoms with Crippen molar-refractivity contribution < 1.29 is 22.7 Å². The highest BCUT2D eigenvalue weighted by Crippen LogP contribution is 2.16. The maximum Gasteiger partial charge on any atom is 0.253 e. The second-order valence-corrected chi connectivity index (χ2v) is 8.32. The smallest absolute Gasteiger partial charge is 0.253 e. The average Bonchev–Trinajstić information content (AvgIpc) is 3.23. The van der Waals surface area contributed by atoms with Crippen LogP contribution in [-0.4, -0.2) is 39.5 Å². The van der Waals surface area contributed by atoms with E-state index in [1.165, 1.54) is 12.1 Å². The van der Waals surface area contributed by atoms with Crippen LogP contribution in [0.15, 0.2) is 53.4 Å². The third kappa shape index (κ3) is 5.86. The molecule has 29 heavy (non-hydrogen) atoms. The molecule has 8 nitrogen and oxygen atoms in total. The van der Waals surface area contributed by atoms with E-state index in [2.05, 4.69) is 10.6 Å². The van der Waals surface area contributed by atoms with Gasteiger partial charge in [-0.3, -0.25) is 9.59 Å². The summed E-state index contributed by atoms with van der Waals surface area (Å²) >= 11 is 0. The summed E-state index contributed by atoms with van der Waals surface area (Å²) in [6, 6.07) is 12.8. The lowest BCUT2D eigenvalue weighted by Gasteiger charge is -2.11. The van der Waals surface area contributed by atoms with Crippen LogP contribution in [0.1, 0.15) is 28.8 Å². The molecule has 0 saturated carbocycles. The SMILES string of the molecule is NS(=O)(=O)c1ccc(CCNC(=O)c2ccc(NC(=O)[C@H]3CCCO3)cc2)cc1. The van der Waals surface area contributed by atoms with E-state index < -0.39 is 16.1 Å². The van der Waals surface area contributed by atoms with Crippen LogP contribution in [0.25, 0.3) is 0 Å². The molecule has 0 bridgehead atoms. The zero-order valence-electron chi connectivity index (χ0n) is 15.8. The van der Waals surface area contributed by atoms with E-state index in [4.69, 9.17) is 9.88 Å². The monoisotopic (exact) mass is 417 g/mol. The molecule has 0 aromatic heterocycles. The van der Waals surface area contributed by atoms with Gasteiger partial charge in [-0.05, 0) is 61.2 Å². The maximum atomic E-state index is 12.2. The normalized spacial score (nSPS) is 16.4. The molecule has 3 rings (SSSR count). The number of carbonyl (C=O) groups excluding carboxylic acids is 2. The highest BCUT2D eigenvalue weighted by molar-refractivity contribution is 7.89. The first-order chi connectivity index (χ1) is 13.8. The zero-order valence-corrected chi connectivity index (χ0v) is 16.6. The van der Waals surface area contributed by atoms with Crippen LogP contribution in [0.4, 0.5) is 5.69 Å². The van der Waals surface area contributed by atoms with E-state index in [-0.39, 0.29) is 16.7 Å². The number of carbonyl (C=O) groups is 2. The summed E-state index contributed by atoms with van der Waals surface area (Å²) in [6.07, 6.45) is 1.74. The molecule has 2 amide bonds. The lowest BCUT2D eigenvalue weighted by atomic mass is 10.1. The van der Waals surface area contributed by atoms with Crippen LogP contribution >= 0.6 is 0 Å². The second-order valence-electron chi connectivity index (χ2n) is 6.76. The molecule has 1 heterocycles. The molecule has 1 aliphatic rings. The molecule has 1 atom stereocenters. The van der Waals surface area contributed by atoms with Crippen molar-refractivity contribution in [2.24, 2.45) is 5.14 Å². The van der Waals surface area contributed by atoms with Crippen LogP contribution in [0.5, 0.6) is 0 Å². The molecule has 1 aliphatic heterocycles.